The standard InChI is InChI=1S/C14H17O4/c1-9(2)13(15)17-11-6-5-7-12(8-11)18-14(16)10(3)4/h6-10H,1-4H3. The maximum absolute atomic E-state index is 11.4. The van der Waals surface area contributed by atoms with Crippen LogP contribution in [0.25, 0.3) is 0 Å². The normalized spacial score (nSPS) is 10.6. The molecule has 0 amide bonds. The molecule has 0 spiro atoms. The summed E-state index contributed by atoms with van der Waals surface area (Å²) in [4.78, 5) is 22.8. The number of hydrogen-bond donors (Lipinski definition) is 0. The second-order valence-electron chi connectivity index (χ2n) is 4.56. The van der Waals surface area contributed by atoms with Crippen LogP contribution in [-0.2, 0) is 9.59 Å². The molecule has 0 aliphatic rings. The molecular weight excluding hydrogens is 232 g/mol. The first kappa shape index (κ1) is 14.2. The van der Waals surface area contributed by atoms with E-state index >= 15 is 0 Å². The van der Waals surface area contributed by atoms with E-state index in [0.29, 0.717) is 11.5 Å². The zero-order valence-corrected chi connectivity index (χ0v) is 11.0. The highest BCUT2D eigenvalue weighted by Gasteiger charge is 2.12. The third-order valence-corrected chi connectivity index (χ3v) is 2.12. The molecule has 4 heteroatoms. The van der Waals surface area contributed by atoms with Crippen molar-refractivity contribution >= 4 is 11.9 Å². The van der Waals surface area contributed by atoms with E-state index in [0.717, 1.165) is 0 Å². The van der Waals surface area contributed by atoms with E-state index < -0.39 is 0 Å². The van der Waals surface area contributed by atoms with Crippen LogP contribution in [0.15, 0.2) is 18.2 Å². The molecule has 1 aromatic carbocycles. The van der Waals surface area contributed by atoms with Crippen LogP contribution < -0.4 is 9.47 Å². The topological polar surface area (TPSA) is 52.6 Å². The first-order valence-corrected chi connectivity index (χ1v) is 5.84. The van der Waals surface area contributed by atoms with Crippen molar-refractivity contribution < 1.29 is 19.1 Å². The maximum atomic E-state index is 11.4. The fourth-order valence-electron chi connectivity index (χ4n) is 1.02. The van der Waals surface area contributed by atoms with Gasteiger partial charge in [-0.15, -0.1) is 0 Å². The first-order valence-electron chi connectivity index (χ1n) is 5.84. The van der Waals surface area contributed by atoms with Gasteiger partial charge in [0.1, 0.15) is 11.5 Å². The molecule has 0 fully saturated rings. The van der Waals surface area contributed by atoms with E-state index in [2.05, 4.69) is 6.07 Å². The first-order chi connectivity index (χ1) is 8.40. The molecular formula is C14H17O4. The monoisotopic (exact) mass is 249 g/mol. The summed E-state index contributed by atoms with van der Waals surface area (Å²) in [5.74, 6) is -0.462. The molecule has 0 N–H and O–H groups in total. The van der Waals surface area contributed by atoms with Gasteiger partial charge in [0.2, 0.25) is 0 Å². The fraction of sp³-hybridized carbons (Fsp3) is 0.429. The lowest BCUT2D eigenvalue weighted by atomic mass is 10.2. The molecule has 0 saturated carbocycles. The SMILES string of the molecule is CC(C)C(=O)Oc1c[c]cc(OC(=O)C(C)C)c1. The third-order valence-electron chi connectivity index (χ3n) is 2.12. The summed E-state index contributed by atoms with van der Waals surface area (Å²) in [7, 11) is 0. The zero-order chi connectivity index (χ0) is 13.7. The van der Waals surface area contributed by atoms with Gasteiger partial charge < -0.3 is 9.47 Å². The summed E-state index contributed by atoms with van der Waals surface area (Å²) in [6.07, 6.45) is 0. The highest BCUT2D eigenvalue weighted by molar-refractivity contribution is 5.75. The number of rotatable bonds is 4. The molecule has 1 radical (unpaired) electrons. The van der Waals surface area contributed by atoms with Crippen LogP contribution in [0.5, 0.6) is 11.5 Å². The Labute approximate surface area is 107 Å². The molecule has 4 nitrogen and oxygen atoms in total. The minimum Gasteiger partial charge on any atom is -0.426 e. The summed E-state index contributed by atoms with van der Waals surface area (Å²) < 4.78 is 10.2. The number of carbonyl (C=O) groups excluding carboxylic acids is 2. The second kappa shape index (κ2) is 6.19. The van der Waals surface area contributed by atoms with E-state index in [1.165, 1.54) is 18.2 Å². The minimum atomic E-state index is -0.337. The Kier molecular flexibility index (Phi) is 4.89. The summed E-state index contributed by atoms with van der Waals surface area (Å²) >= 11 is 0. The Morgan fingerprint density at radius 3 is 1.67 bits per heavy atom. The Morgan fingerprint density at radius 2 is 1.33 bits per heavy atom. The van der Waals surface area contributed by atoms with Gasteiger partial charge in [0, 0.05) is 6.07 Å². The van der Waals surface area contributed by atoms with Gasteiger partial charge in [-0.05, 0) is 18.2 Å². The van der Waals surface area contributed by atoms with Gasteiger partial charge in [-0.2, -0.15) is 0 Å². The Hall–Kier alpha value is -1.84. The molecule has 0 heterocycles. The predicted molar refractivity (Wildman–Crippen MR) is 66.2 cm³/mol. The molecule has 0 bridgehead atoms. The highest BCUT2D eigenvalue weighted by atomic mass is 16.5. The van der Waals surface area contributed by atoms with Gasteiger partial charge in [-0.25, -0.2) is 0 Å². The van der Waals surface area contributed by atoms with Crippen molar-refractivity contribution in [3.8, 4) is 11.5 Å². The number of esters is 2. The van der Waals surface area contributed by atoms with Crippen LogP contribution in [0, 0.1) is 17.9 Å². The molecule has 97 valence electrons. The minimum absolute atomic E-state index is 0.216. The van der Waals surface area contributed by atoms with Crippen molar-refractivity contribution in [3.63, 3.8) is 0 Å². The average Bonchev–Trinajstić information content (AvgIpc) is 2.29. The van der Waals surface area contributed by atoms with Gasteiger partial charge in [0.15, 0.2) is 0 Å². The summed E-state index contributed by atoms with van der Waals surface area (Å²) in [5.41, 5.74) is 0. The smallest absolute Gasteiger partial charge is 0.313 e. The van der Waals surface area contributed by atoms with Crippen molar-refractivity contribution in [2.24, 2.45) is 11.8 Å². The van der Waals surface area contributed by atoms with E-state index in [9.17, 15) is 9.59 Å². The van der Waals surface area contributed by atoms with Crippen molar-refractivity contribution in [1.29, 1.82) is 0 Å². The second-order valence-corrected chi connectivity index (χ2v) is 4.56. The van der Waals surface area contributed by atoms with Gasteiger partial charge in [0.05, 0.1) is 11.8 Å². The lowest BCUT2D eigenvalue weighted by Gasteiger charge is -2.09. The molecule has 1 rings (SSSR count). The summed E-state index contributed by atoms with van der Waals surface area (Å²) in [6.45, 7) is 6.98. The van der Waals surface area contributed by atoms with Crippen LogP contribution in [0.4, 0.5) is 0 Å². The predicted octanol–water partition coefficient (Wildman–Crippen LogP) is 2.61. The van der Waals surface area contributed by atoms with Crippen molar-refractivity contribution in [3.05, 3.63) is 24.3 Å². The molecule has 0 aliphatic carbocycles. The zero-order valence-electron chi connectivity index (χ0n) is 11.0. The Balaban J connectivity index is 2.74. The summed E-state index contributed by atoms with van der Waals surface area (Å²) in [5, 5.41) is 0. The van der Waals surface area contributed by atoms with Gasteiger partial charge in [0.25, 0.3) is 0 Å². The van der Waals surface area contributed by atoms with E-state index in [1.54, 1.807) is 27.7 Å². The number of hydrogen-bond acceptors (Lipinski definition) is 4. The number of carbonyl (C=O) groups is 2. The van der Waals surface area contributed by atoms with E-state index in [1.807, 2.05) is 0 Å². The Morgan fingerprint density at radius 1 is 0.944 bits per heavy atom. The number of benzene rings is 1. The molecule has 18 heavy (non-hydrogen) atoms. The molecule has 0 saturated heterocycles. The molecule has 0 aliphatic heterocycles. The van der Waals surface area contributed by atoms with E-state index in [-0.39, 0.29) is 23.8 Å². The van der Waals surface area contributed by atoms with E-state index in [4.69, 9.17) is 9.47 Å². The van der Waals surface area contributed by atoms with Crippen LogP contribution in [0.2, 0.25) is 0 Å². The largest absolute Gasteiger partial charge is 0.426 e. The summed E-state index contributed by atoms with van der Waals surface area (Å²) in [6, 6.07) is 7.30. The quantitative estimate of drug-likeness (QED) is 0.608. The van der Waals surface area contributed by atoms with Crippen molar-refractivity contribution in [2.45, 2.75) is 27.7 Å². The Bertz CT molecular complexity index is 398. The van der Waals surface area contributed by atoms with Gasteiger partial charge in [-0.1, -0.05) is 27.7 Å². The van der Waals surface area contributed by atoms with Crippen LogP contribution in [0.1, 0.15) is 27.7 Å². The van der Waals surface area contributed by atoms with Crippen molar-refractivity contribution in [1.82, 2.24) is 0 Å². The maximum Gasteiger partial charge on any atom is 0.313 e. The molecule has 1 aromatic rings. The molecule has 0 unspecified atom stereocenters. The molecule has 0 atom stereocenters. The lowest BCUT2D eigenvalue weighted by Crippen LogP contribution is -2.16. The fourth-order valence-corrected chi connectivity index (χ4v) is 1.02. The third kappa shape index (κ3) is 4.20. The van der Waals surface area contributed by atoms with Crippen molar-refractivity contribution in [2.75, 3.05) is 0 Å². The van der Waals surface area contributed by atoms with Crippen LogP contribution >= 0.6 is 0 Å². The highest BCUT2D eigenvalue weighted by Crippen LogP contribution is 2.20. The van der Waals surface area contributed by atoms with Crippen LogP contribution in [-0.4, -0.2) is 11.9 Å². The van der Waals surface area contributed by atoms with Crippen LogP contribution in [0.3, 0.4) is 0 Å². The van der Waals surface area contributed by atoms with Gasteiger partial charge >= 0.3 is 11.9 Å². The molecule has 0 aromatic heterocycles. The number of ether oxygens (including phenoxy) is 2. The lowest BCUT2D eigenvalue weighted by molar-refractivity contribution is -0.138. The average molecular weight is 249 g/mol. The van der Waals surface area contributed by atoms with Gasteiger partial charge in [-0.3, -0.25) is 9.59 Å².